The van der Waals surface area contributed by atoms with Crippen LogP contribution in [0.3, 0.4) is 0 Å². The smallest absolute Gasteiger partial charge is 0.205 e. The Labute approximate surface area is 76.1 Å². The first-order valence-electron chi connectivity index (χ1n) is 4.77. The van der Waals surface area contributed by atoms with Gasteiger partial charge in [0.25, 0.3) is 0 Å². The third-order valence-corrected chi connectivity index (χ3v) is 3.30. The van der Waals surface area contributed by atoms with Gasteiger partial charge in [-0.05, 0) is 25.2 Å². The quantitative estimate of drug-likeness (QED) is 0.618. The standard InChI is InChI=1S/C10H11NO2/c1-5(12)10-8-6-2-3-7(4-6)9(8)11-13-10/h6-7H,2-4H2,1H3. The molecule has 3 rings (SSSR count). The highest BCUT2D eigenvalue weighted by molar-refractivity contribution is 5.93. The van der Waals surface area contributed by atoms with Crippen molar-refractivity contribution in [2.75, 3.05) is 0 Å². The van der Waals surface area contributed by atoms with Crippen molar-refractivity contribution in [1.29, 1.82) is 0 Å². The summed E-state index contributed by atoms with van der Waals surface area (Å²) >= 11 is 0. The van der Waals surface area contributed by atoms with Crippen molar-refractivity contribution in [3.8, 4) is 0 Å². The third kappa shape index (κ3) is 0.794. The summed E-state index contributed by atoms with van der Waals surface area (Å²) in [6, 6.07) is 0. The number of Topliss-reactive ketones (excluding diaryl/α,β-unsaturated/α-hetero) is 1. The number of ketones is 1. The number of hydrogen-bond acceptors (Lipinski definition) is 3. The second kappa shape index (κ2) is 2.22. The average Bonchev–Trinajstić information content (AvgIpc) is 2.76. The van der Waals surface area contributed by atoms with Gasteiger partial charge in [-0.3, -0.25) is 4.79 Å². The van der Waals surface area contributed by atoms with Crippen molar-refractivity contribution in [3.63, 3.8) is 0 Å². The van der Waals surface area contributed by atoms with Crippen molar-refractivity contribution in [1.82, 2.24) is 5.16 Å². The van der Waals surface area contributed by atoms with E-state index in [4.69, 9.17) is 4.52 Å². The lowest BCUT2D eigenvalue weighted by atomic mass is 9.95. The highest BCUT2D eigenvalue weighted by atomic mass is 16.5. The van der Waals surface area contributed by atoms with Crippen LogP contribution in [0, 0.1) is 0 Å². The van der Waals surface area contributed by atoms with Crippen molar-refractivity contribution >= 4 is 5.78 Å². The number of rotatable bonds is 1. The number of nitrogens with zero attached hydrogens (tertiary/aromatic N) is 1. The number of aromatic nitrogens is 1. The first-order valence-corrected chi connectivity index (χ1v) is 4.77. The molecule has 1 heterocycles. The van der Waals surface area contributed by atoms with Gasteiger partial charge in [0.05, 0.1) is 5.69 Å². The third-order valence-electron chi connectivity index (χ3n) is 3.30. The maximum absolute atomic E-state index is 11.2. The summed E-state index contributed by atoms with van der Waals surface area (Å²) in [5.74, 6) is 1.67. The molecule has 0 spiro atoms. The van der Waals surface area contributed by atoms with E-state index in [1.54, 1.807) is 6.92 Å². The molecule has 2 atom stereocenters. The minimum absolute atomic E-state index is 0.0151. The van der Waals surface area contributed by atoms with Crippen LogP contribution >= 0.6 is 0 Å². The first-order chi connectivity index (χ1) is 6.27. The maximum atomic E-state index is 11.2. The molecule has 2 bridgehead atoms. The highest BCUT2D eigenvalue weighted by Gasteiger charge is 2.42. The largest absolute Gasteiger partial charge is 0.353 e. The molecule has 1 aromatic heterocycles. The predicted molar refractivity (Wildman–Crippen MR) is 45.8 cm³/mol. The van der Waals surface area contributed by atoms with Crippen LogP contribution < -0.4 is 0 Å². The number of fused-ring (bicyclic) bond motifs is 5. The Morgan fingerprint density at radius 2 is 2.23 bits per heavy atom. The first kappa shape index (κ1) is 7.30. The van der Waals surface area contributed by atoms with E-state index in [2.05, 4.69) is 5.16 Å². The van der Waals surface area contributed by atoms with E-state index in [9.17, 15) is 4.79 Å². The van der Waals surface area contributed by atoms with E-state index in [0.29, 0.717) is 17.6 Å². The van der Waals surface area contributed by atoms with Crippen LogP contribution in [0.2, 0.25) is 0 Å². The maximum Gasteiger partial charge on any atom is 0.205 e. The summed E-state index contributed by atoms with van der Waals surface area (Å²) in [6.07, 6.45) is 3.62. The molecular formula is C10H11NO2. The Bertz CT molecular complexity index is 380. The number of carbonyl (C=O) groups is 1. The molecule has 1 saturated carbocycles. The Hall–Kier alpha value is -1.12. The summed E-state index contributed by atoms with van der Waals surface area (Å²) in [4.78, 5) is 11.2. The summed E-state index contributed by atoms with van der Waals surface area (Å²) in [5.41, 5.74) is 2.20. The van der Waals surface area contributed by atoms with Crippen molar-refractivity contribution in [3.05, 3.63) is 17.0 Å². The Balaban J connectivity index is 2.18. The molecule has 0 saturated heterocycles. The molecule has 2 aliphatic carbocycles. The summed E-state index contributed by atoms with van der Waals surface area (Å²) in [7, 11) is 0. The van der Waals surface area contributed by atoms with Gasteiger partial charge >= 0.3 is 0 Å². The Morgan fingerprint density at radius 3 is 3.00 bits per heavy atom. The van der Waals surface area contributed by atoms with Crippen LogP contribution in [0.25, 0.3) is 0 Å². The van der Waals surface area contributed by atoms with E-state index in [-0.39, 0.29) is 5.78 Å². The fraction of sp³-hybridized carbons (Fsp3) is 0.600. The molecule has 2 unspecified atom stereocenters. The van der Waals surface area contributed by atoms with E-state index in [1.807, 2.05) is 0 Å². The molecule has 3 nitrogen and oxygen atoms in total. The zero-order chi connectivity index (χ0) is 9.00. The zero-order valence-corrected chi connectivity index (χ0v) is 7.54. The molecule has 2 aliphatic rings. The van der Waals surface area contributed by atoms with E-state index in [0.717, 1.165) is 11.3 Å². The predicted octanol–water partition coefficient (Wildman–Crippen LogP) is 2.24. The molecular weight excluding hydrogens is 166 g/mol. The fourth-order valence-electron chi connectivity index (χ4n) is 2.74. The van der Waals surface area contributed by atoms with Crippen LogP contribution in [0.4, 0.5) is 0 Å². The normalized spacial score (nSPS) is 29.3. The van der Waals surface area contributed by atoms with Gasteiger partial charge in [0.2, 0.25) is 5.76 Å². The van der Waals surface area contributed by atoms with Crippen molar-refractivity contribution < 1.29 is 9.32 Å². The summed E-state index contributed by atoms with van der Waals surface area (Å²) in [6.45, 7) is 1.55. The Kier molecular flexibility index (Phi) is 1.25. The Morgan fingerprint density at radius 1 is 1.46 bits per heavy atom. The van der Waals surface area contributed by atoms with Gasteiger partial charge in [0.15, 0.2) is 5.78 Å². The van der Waals surface area contributed by atoms with Gasteiger partial charge in [-0.2, -0.15) is 0 Å². The summed E-state index contributed by atoms with van der Waals surface area (Å²) < 4.78 is 5.08. The van der Waals surface area contributed by atoms with Gasteiger partial charge in [-0.15, -0.1) is 0 Å². The average molecular weight is 177 g/mol. The van der Waals surface area contributed by atoms with Gasteiger partial charge in [0, 0.05) is 18.4 Å². The van der Waals surface area contributed by atoms with E-state index < -0.39 is 0 Å². The lowest BCUT2D eigenvalue weighted by molar-refractivity contribution is 0.0976. The topological polar surface area (TPSA) is 43.1 Å². The molecule has 0 aromatic carbocycles. The number of carbonyl (C=O) groups excluding carboxylic acids is 1. The number of hydrogen-bond donors (Lipinski definition) is 0. The van der Waals surface area contributed by atoms with Gasteiger partial charge in [-0.25, -0.2) is 0 Å². The van der Waals surface area contributed by atoms with E-state index in [1.165, 1.54) is 19.3 Å². The van der Waals surface area contributed by atoms with Crippen LogP contribution in [0.15, 0.2) is 4.52 Å². The molecule has 1 fully saturated rings. The molecule has 3 heteroatoms. The zero-order valence-electron chi connectivity index (χ0n) is 7.54. The van der Waals surface area contributed by atoms with Crippen LogP contribution in [-0.2, 0) is 0 Å². The molecule has 0 amide bonds. The van der Waals surface area contributed by atoms with Crippen LogP contribution in [0.5, 0.6) is 0 Å². The van der Waals surface area contributed by atoms with Gasteiger partial charge in [-0.1, -0.05) is 5.16 Å². The molecule has 0 N–H and O–H groups in total. The molecule has 0 radical (unpaired) electrons. The molecule has 13 heavy (non-hydrogen) atoms. The summed E-state index contributed by atoms with van der Waals surface area (Å²) in [5, 5.41) is 4.00. The fourth-order valence-corrected chi connectivity index (χ4v) is 2.74. The van der Waals surface area contributed by atoms with Gasteiger partial charge in [0.1, 0.15) is 0 Å². The highest BCUT2D eigenvalue weighted by Crippen LogP contribution is 2.53. The SMILES string of the molecule is CC(=O)c1onc2c1C1CCC2C1. The van der Waals surface area contributed by atoms with Gasteiger partial charge < -0.3 is 4.52 Å². The van der Waals surface area contributed by atoms with Crippen LogP contribution in [-0.4, -0.2) is 10.9 Å². The second-order valence-electron chi connectivity index (χ2n) is 4.07. The van der Waals surface area contributed by atoms with Crippen molar-refractivity contribution in [2.45, 2.75) is 38.0 Å². The monoisotopic (exact) mass is 177 g/mol. The molecule has 1 aromatic rings. The lowest BCUT2D eigenvalue weighted by Gasteiger charge is -2.07. The minimum atomic E-state index is 0.0151. The molecule has 68 valence electrons. The van der Waals surface area contributed by atoms with Crippen molar-refractivity contribution in [2.24, 2.45) is 0 Å². The van der Waals surface area contributed by atoms with Crippen LogP contribution in [0.1, 0.15) is 59.8 Å². The lowest BCUT2D eigenvalue weighted by Crippen LogP contribution is -2.00. The van der Waals surface area contributed by atoms with E-state index >= 15 is 0 Å². The second-order valence-corrected chi connectivity index (χ2v) is 4.07. The minimum Gasteiger partial charge on any atom is -0.353 e. The molecule has 0 aliphatic heterocycles.